The number of hydrogen-bond acceptors (Lipinski definition) is 3. The van der Waals surface area contributed by atoms with Crippen LogP contribution in [0.2, 0.25) is 0 Å². The molecule has 0 saturated heterocycles. The van der Waals surface area contributed by atoms with Gasteiger partial charge in [-0.15, -0.1) is 0 Å². The van der Waals surface area contributed by atoms with Crippen molar-refractivity contribution in [1.29, 1.82) is 0 Å². The third-order valence-corrected chi connectivity index (χ3v) is 2.14. The Hall–Kier alpha value is -1.45. The van der Waals surface area contributed by atoms with Gasteiger partial charge in [-0.1, -0.05) is 0 Å². The zero-order chi connectivity index (χ0) is 7.97. The van der Waals surface area contributed by atoms with Gasteiger partial charge in [-0.25, -0.2) is 15.0 Å². The van der Waals surface area contributed by atoms with Crippen LogP contribution in [0.5, 0.6) is 0 Å². The third-order valence-electron chi connectivity index (χ3n) is 2.14. The lowest BCUT2D eigenvalue weighted by Gasteiger charge is -1.93. The summed E-state index contributed by atoms with van der Waals surface area (Å²) in [5, 5.41) is 0. The average Bonchev–Trinajstić information content (AvgIpc) is 2.84. The van der Waals surface area contributed by atoms with Gasteiger partial charge >= 0.3 is 0 Å². The van der Waals surface area contributed by atoms with E-state index >= 15 is 0 Å². The molecule has 0 bridgehead atoms. The van der Waals surface area contributed by atoms with Crippen molar-refractivity contribution in [3.8, 4) is 0 Å². The van der Waals surface area contributed by atoms with E-state index in [-0.39, 0.29) is 0 Å². The molecule has 2 aromatic heterocycles. The van der Waals surface area contributed by atoms with Crippen LogP contribution in [0.1, 0.15) is 24.6 Å². The van der Waals surface area contributed by atoms with Crippen molar-refractivity contribution >= 4 is 11.2 Å². The van der Waals surface area contributed by atoms with Crippen molar-refractivity contribution in [2.75, 3.05) is 0 Å². The highest BCUT2D eigenvalue weighted by Gasteiger charge is 2.26. The predicted octanol–water partition coefficient (Wildman–Crippen LogP) is 1.23. The molecule has 0 unspecified atom stereocenters. The first kappa shape index (κ1) is 6.11. The zero-order valence-electron chi connectivity index (χ0n) is 6.49. The maximum atomic E-state index is 4.34. The SMILES string of the molecule is c1nc2nc(C3CC3)ncc2[nH]1. The number of rotatable bonds is 1. The summed E-state index contributed by atoms with van der Waals surface area (Å²) in [6, 6.07) is 0. The number of nitrogens with one attached hydrogen (secondary N) is 1. The van der Waals surface area contributed by atoms with Crippen LogP contribution in [0.15, 0.2) is 12.5 Å². The number of H-pyrrole nitrogens is 1. The standard InChI is InChI=1S/C8H8N4/c1-2-5(1)7-9-3-6-8(12-7)11-4-10-6/h3-5H,1-2H2,(H,9,10,11,12). The highest BCUT2D eigenvalue weighted by Crippen LogP contribution is 2.37. The van der Waals surface area contributed by atoms with E-state index in [2.05, 4.69) is 19.9 Å². The lowest BCUT2D eigenvalue weighted by atomic mass is 10.4. The van der Waals surface area contributed by atoms with E-state index in [1.165, 1.54) is 12.8 Å². The second-order valence-corrected chi connectivity index (χ2v) is 3.14. The third kappa shape index (κ3) is 0.809. The zero-order valence-corrected chi connectivity index (χ0v) is 6.49. The summed E-state index contributed by atoms with van der Waals surface area (Å²) in [5.41, 5.74) is 1.70. The maximum Gasteiger partial charge on any atom is 0.180 e. The lowest BCUT2D eigenvalue weighted by molar-refractivity contribution is 0.942. The Morgan fingerprint density at radius 3 is 3.08 bits per heavy atom. The molecule has 3 rings (SSSR count). The van der Waals surface area contributed by atoms with Gasteiger partial charge in [0.25, 0.3) is 0 Å². The minimum Gasteiger partial charge on any atom is -0.342 e. The normalized spacial score (nSPS) is 17.0. The Bertz CT molecular complexity index is 416. The number of nitrogens with zero attached hydrogens (tertiary/aromatic N) is 3. The summed E-state index contributed by atoms with van der Waals surface area (Å²) in [6.07, 6.45) is 5.92. The Morgan fingerprint density at radius 2 is 2.25 bits per heavy atom. The second kappa shape index (κ2) is 2.03. The summed E-state index contributed by atoms with van der Waals surface area (Å²) in [4.78, 5) is 15.7. The quantitative estimate of drug-likeness (QED) is 0.682. The van der Waals surface area contributed by atoms with Gasteiger partial charge < -0.3 is 4.98 Å². The largest absolute Gasteiger partial charge is 0.342 e. The van der Waals surface area contributed by atoms with Gasteiger partial charge in [0.1, 0.15) is 11.3 Å². The van der Waals surface area contributed by atoms with Crippen LogP contribution in [0.4, 0.5) is 0 Å². The summed E-state index contributed by atoms with van der Waals surface area (Å²) < 4.78 is 0. The van der Waals surface area contributed by atoms with Gasteiger partial charge in [-0.3, -0.25) is 0 Å². The molecule has 1 saturated carbocycles. The van der Waals surface area contributed by atoms with E-state index in [1.54, 1.807) is 6.33 Å². The molecule has 12 heavy (non-hydrogen) atoms. The number of fused-ring (bicyclic) bond motifs is 1. The number of hydrogen-bond donors (Lipinski definition) is 1. The van der Waals surface area contributed by atoms with E-state index in [4.69, 9.17) is 0 Å². The van der Waals surface area contributed by atoms with E-state index < -0.39 is 0 Å². The summed E-state index contributed by atoms with van der Waals surface area (Å²) >= 11 is 0. The van der Waals surface area contributed by atoms with Crippen molar-refractivity contribution in [2.45, 2.75) is 18.8 Å². The molecule has 0 atom stereocenters. The molecule has 1 fully saturated rings. The fraction of sp³-hybridized carbons (Fsp3) is 0.375. The first-order chi connectivity index (χ1) is 5.93. The first-order valence-electron chi connectivity index (χ1n) is 4.09. The smallest absolute Gasteiger partial charge is 0.180 e. The minimum atomic E-state index is 0.603. The highest BCUT2D eigenvalue weighted by atomic mass is 15.0. The number of aromatic amines is 1. The van der Waals surface area contributed by atoms with Gasteiger partial charge in [0.15, 0.2) is 5.65 Å². The molecule has 1 aliphatic rings. The van der Waals surface area contributed by atoms with Crippen molar-refractivity contribution in [2.24, 2.45) is 0 Å². The van der Waals surface area contributed by atoms with Gasteiger partial charge in [-0.05, 0) is 12.8 Å². The second-order valence-electron chi connectivity index (χ2n) is 3.14. The van der Waals surface area contributed by atoms with E-state index in [9.17, 15) is 0 Å². The predicted molar refractivity (Wildman–Crippen MR) is 43.7 cm³/mol. The Balaban J connectivity index is 2.21. The Labute approximate surface area is 69.1 Å². The van der Waals surface area contributed by atoms with E-state index in [0.29, 0.717) is 5.92 Å². The first-order valence-corrected chi connectivity index (χ1v) is 4.09. The van der Waals surface area contributed by atoms with Gasteiger partial charge in [0.2, 0.25) is 0 Å². The average molecular weight is 160 g/mol. The molecular formula is C8H8N4. The molecule has 0 aromatic carbocycles. The lowest BCUT2D eigenvalue weighted by Crippen LogP contribution is -1.91. The molecular weight excluding hydrogens is 152 g/mol. The van der Waals surface area contributed by atoms with Crippen molar-refractivity contribution in [3.63, 3.8) is 0 Å². The molecule has 0 spiro atoms. The number of imidazole rings is 1. The van der Waals surface area contributed by atoms with Gasteiger partial charge in [0.05, 0.1) is 12.5 Å². The summed E-state index contributed by atoms with van der Waals surface area (Å²) in [6.45, 7) is 0. The fourth-order valence-electron chi connectivity index (χ4n) is 1.29. The molecule has 60 valence electrons. The topological polar surface area (TPSA) is 54.5 Å². The van der Waals surface area contributed by atoms with Gasteiger partial charge in [0, 0.05) is 5.92 Å². The van der Waals surface area contributed by atoms with Crippen LogP contribution in [0, 0.1) is 0 Å². The summed E-state index contributed by atoms with van der Waals surface area (Å²) in [5.74, 6) is 1.56. The van der Waals surface area contributed by atoms with Crippen molar-refractivity contribution < 1.29 is 0 Å². The van der Waals surface area contributed by atoms with Crippen LogP contribution in [0.25, 0.3) is 11.2 Å². The molecule has 0 amide bonds. The molecule has 0 radical (unpaired) electrons. The highest BCUT2D eigenvalue weighted by molar-refractivity contribution is 5.68. The van der Waals surface area contributed by atoms with E-state index in [1.807, 2.05) is 6.20 Å². The van der Waals surface area contributed by atoms with Crippen molar-refractivity contribution in [3.05, 3.63) is 18.3 Å². The van der Waals surface area contributed by atoms with Gasteiger partial charge in [-0.2, -0.15) is 0 Å². The van der Waals surface area contributed by atoms with Crippen molar-refractivity contribution in [1.82, 2.24) is 19.9 Å². The molecule has 0 aliphatic heterocycles. The Kier molecular flexibility index (Phi) is 1.03. The summed E-state index contributed by atoms with van der Waals surface area (Å²) in [7, 11) is 0. The molecule has 2 heterocycles. The maximum absolute atomic E-state index is 4.34. The molecule has 2 aromatic rings. The number of aromatic nitrogens is 4. The van der Waals surface area contributed by atoms with Crippen LogP contribution < -0.4 is 0 Å². The monoisotopic (exact) mass is 160 g/mol. The molecule has 4 heteroatoms. The molecule has 1 N–H and O–H groups in total. The van der Waals surface area contributed by atoms with Crippen LogP contribution in [-0.4, -0.2) is 19.9 Å². The van der Waals surface area contributed by atoms with E-state index in [0.717, 1.165) is 17.0 Å². The van der Waals surface area contributed by atoms with Crippen LogP contribution in [0.3, 0.4) is 0 Å². The Morgan fingerprint density at radius 1 is 1.33 bits per heavy atom. The van der Waals surface area contributed by atoms with Crippen LogP contribution in [-0.2, 0) is 0 Å². The van der Waals surface area contributed by atoms with Crippen LogP contribution >= 0.6 is 0 Å². The minimum absolute atomic E-state index is 0.603. The molecule has 1 aliphatic carbocycles. The molecule has 4 nitrogen and oxygen atoms in total. The fourth-order valence-corrected chi connectivity index (χ4v) is 1.29.